The molecule has 216 valence electrons. The van der Waals surface area contributed by atoms with E-state index in [1.165, 1.54) is 6.07 Å². The van der Waals surface area contributed by atoms with Crippen LogP contribution in [0.4, 0.5) is 0 Å². The average molecular weight is 617 g/mol. The van der Waals surface area contributed by atoms with E-state index in [9.17, 15) is 33.7 Å². The van der Waals surface area contributed by atoms with Gasteiger partial charge in [-0.2, -0.15) is 33.7 Å². The fourth-order valence-electron chi connectivity index (χ4n) is 6.73. The second-order valence-electron chi connectivity index (χ2n) is 10.8. The number of hydrogen-bond donors (Lipinski definition) is 0. The SMILES string of the molecule is C[C@]12CC[C@@H]3c4c(cc(OS(C)(=O)=O)cc4OS(C)(=O)=O)CC[C@@H]3[C@@H]1C[C@@H](OS(C)(=O)=O)[C@@H]2OS(C)(=O)=O. The molecule has 1 aromatic rings. The summed E-state index contributed by atoms with van der Waals surface area (Å²) in [6.45, 7) is 1.88. The van der Waals surface area contributed by atoms with Gasteiger partial charge in [-0.25, -0.2) is 0 Å². The van der Waals surface area contributed by atoms with E-state index in [1.807, 2.05) is 6.92 Å². The molecule has 0 saturated heterocycles. The van der Waals surface area contributed by atoms with Gasteiger partial charge in [-0.15, -0.1) is 0 Å². The highest BCUT2D eigenvalue weighted by Crippen LogP contribution is 2.63. The van der Waals surface area contributed by atoms with Crippen molar-refractivity contribution >= 4 is 40.5 Å². The van der Waals surface area contributed by atoms with Crippen LogP contribution in [0.5, 0.6) is 11.5 Å². The van der Waals surface area contributed by atoms with Gasteiger partial charge in [0.25, 0.3) is 20.2 Å². The largest absolute Gasteiger partial charge is 0.382 e. The molecule has 12 nitrogen and oxygen atoms in total. The lowest BCUT2D eigenvalue weighted by Crippen LogP contribution is -2.47. The monoisotopic (exact) mass is 616 g/mol. The highest BCUT2D eigenvalue weighted by atomic mass is 32.2. The highest BCUT2D eigenvalue weighted by molar-refractivity contribution is 7.86. The summed E-state index contributed by atoms with van der Waals surface area (Å²) in [5.41, 5.74) is 0.594. The second kappa shape index (κ2) is 9.58. The molecule has 0 unspecified atom stereocenters. The average Bonchev–Trinajstić information content (AvgIpc) is 2.94. The predicted octanol–water partition coefficient (Wildman–Crippen LogP) is 1.52. The topological polar surface area (TPSA) is 173 Å². The van der Waals surface area contributed by atoms with Gasteiger partial charge in [-0.1, -0.05) is 6.92 Å². The molecular weight excluding hydrogens is 584 g/mol. The normalized spacial score (nSPS) is 31.7. The molecule has 0 N–H and O–H groups in total. The van der Waals surface area contributed by atoms with Gasteiger partial charge in [0.15, 0.2) is 0 Å². The van der Waals surface area contributed by atoms with Crippen LogP contribution in [0.2, 0.25) is 0 Å². The Labute approximate surface area is 224 Å². The van der Waals surface area contributed by atoms with E-state index in [2.05, 4.69) is 0 Å². The molecule has 3 aliphatic rings. The fraction of sp³-hybridized carbons (Fsp3) is 0.727. The lowest BCUT2D eigenvalue weighted by atomic mass is 9.55. The number of benzene rings is 1. The van der Waals surface area contributed by atoms with E-state index >= 15 is 0 Å². The van der Waals surface area contributed by atoms with Crippen LogP contribution in [0.3, 0.4) is 0 Å². The Kier molecular flexibility index (Phi) is 7.44. The molecule has 0 spiro atoms. The van der Waals surface area contributed by atoms with Gasteiger partial charge in [-0.3, -0.25) is 8.37 Å². The molecule has 0 aromatic heterocycles. The van der Waals surface area contributed by atoms with Gasteiger partial charge in [0, 0.05) is 17.0 Å². The van der Waals surface area contributed by atoms with Gasteiger partial charge in [-0.05, 0) is 61.5 Å². The molecule has 16 heteroatoms. The second-order valence-corrected chi connectivity index (χ2v) is 17.2. The Bertz CT molecular complexity index is 1550. The van der Waals surface area contributed by atoms with Crippen molar-refractivity contribution in [3.63, 3.8) is 0 Å². The molecule has 0 radical (unpaired) electrons. The van der Waals surface area contributed by atoms with Crippen molar-refractivity contribution < 1.29 is 50.4 Å². The third kappa shape index (κ3) is 6.46. The number of hydrogen-bond acceptors (Lipinski definition) is 12. The first-order chi connectivity index (χ1) is 17.2. The van der Waals surface area contributed by atoms with E-state index in [0.717, 1.165) is 25.0 Å². The third-order valence-corrected chi connectivity index (χ3v) is 9.86. The van der Waals surface area contributed by atoms with Crippen LogP contribution in [-0.2, 0) is 55.3 Å². The first-order valence-corrected chi connectivity index (χ1v) is 19.1. The molecule has 4 rings (SSSR count). The maximum atomic E-state index is 12.1. The number of fused-ring (bicyclic) bond motifs is 5. The quantitative estimate of drug-likeness (QED) is 0.386. The van der Waals surface area contributed by atoms with Crippen LogP contribution in [0.1, 0.15) is 49.7 Å². The van der Waals surface area contributed by atoms with Crippen molar-refractivity contribution in [1.82, 2.24) is 0 Å². The van der Waals surface area contributed by atoms with Gasteiger partial charge < -0.3 is 8.37 Å². The first-order valence-electron chi connectivity index (χ1n) is 11.9. The molecule has 38 heavy (non-hydrogen) atoms. The Hall–Kier alpha value is -1.46. The molecule has 2 fully saturated rings. The predicted molar refractivity (Wildman–Crippen MR) is 137 cm³/mol. The van der Waals surface area contributed by atoms with Gasteiger partial charge in [0.05, 0.1) is 25.0 Å². The number of rotatable bonds is 8. The van der Waals surface area contributed by atoms with Crippen molar-refractivity contribution in [2.24, 2.45) is 17.3 Å². The van der Waals surface area contributed by atoms with Gasteiger partial charge >= 0.3 is 20.2 Å². The Morgan fingerprint density at radius 2 is 1.39 bits per heavy atom. The Morgan fingerprint density at radius 1 is 0.789 bits per heavy atom. The van der Waals surface area contributed by atoms with Crippen molar-refractivity contribution in [2.45, 2.75) is 57.2 Å². The minimum absolute atomic E-state index is 0.0205. The van der Waals surface area contributed by atoms with E-state index in [4.69, 9.17) is 16.7 Å². The number of aryl methyl sites for hydroxylation is 1. The summed E-state index contributed by atoms with van der Waals surface area (Å²) in [7, 11) is -15.7. The molecule has 0 bridgehead atoms. The summed E-state index contributed by atoms with van der Waals surface area (Å²) < 4.78 is 117. The smallest absolute Gasteiger partial charge is 0.306 e. The molecule has 2 saturated carbocycles. The molecule has 6 atom stereocenters. The maximum absolute atomic E-state index is 12.1. The van der Waals surface area contributed by atoms with Crippen LogP contribution in [0, 0.1) is 17.3 Å². The third-order valence-electron chi connectivity index (χ3n) is 7.73. The van der Waals surface area contributed by atoms with E-state index < -0.39 is 58.1 Å². The summed E-state index contributed by atoms with van der Waals surface area (Å²) in [6, 6.07) is 2.81. The summed E-state index contributed by atoms with van der Waals surface area (Å²) in [5.74, 6) is -0.591. The first kappa shape index (κ1) is 29.5. The summed E-state index contributed by atoms with van der Waals surface area (Å²) in [6.07, 6.45) is 3.80. The zero-order chi connectivity index (χ0) is 28.5. The van der Waals surface area contributed by atoms with Crippen LogP contribution in [0.15, 0.2) is 12.1 Å². The summed E-state index contributed by atoms with van der Waals surface area (Å²) in [4.78, 5) is 0. The van der Waals surface area contributed by atoms with Crippen LogP contribution in [-0.4, -0.2) is 70.9 Å². The van der Waals surface area contributed by atoms with E-state index in [1.54, 1.807) is 6.07 Å². The molecule has 0 heterocycles. The summed E-state index contributed by atoms with van der Waals surface area (Å²) in [5, 5.41) is 0. The lowest BCUT2D eigenvalue weighted by molar-refractivity contribution is -0.0262. The van der Waals surface area contributed by atoms with E-state index in [-0.39, 0.29) is 35.7 Å². The molecule has 1 aromatic carbocycles. The fourth-order valence-corrected chi connectivity index (χ4v) is 8.99. The standard InChI is InChI=1S/C22H32O12S4/c1-22-9-8-16-15(17(22)12-19(33-37(4,27)28)21(22)34-38(5,29)30)7-6-13-10-14(31-35(2,23)24)11-18(20(13)16)32-36(3,25)26/h10-11,15-17,19,21H,6-9,12H2,1-5H3/t15-,16-,17-,19+,21-,22-/m0/s1. The minimum atomic E-state index is -3.98. The molecule has 3 aliphatic carbocycles. The minimum Gasteiger partial charge on any atom is -0.382 e. The Morgan fingerprint density at radius 3 is 1.95 bits per heavy atom. The summed E-state index contributed by atoms with van der Waals surface area (Å²) >= 11 is 0. The van der Waals surface area contributed by atoms with Gasteiger partial charge in [0.2, 0.25) is 0 Å². The van der Waals surface area contributed by atoms with Gasteiger partial charge in [0.1, 0.15) is 23.7 Å². The Balaban J connectivity index is 1.78. The van der Waals surface area contributed by atoms with Crippen molar-refractivity contribution in [3.8, 4) is 11.5 Å². The zero-order valence-corrected chi connectivity index (χ0v) is 24.9. The zero-order valence-electron chi connectivity index (χ0n) is 21.6. The van der Waals surface area contributed by atoms with Crippen molar-refractivity contribution in [1.29, 1.82) is 0 Å². The molecule has 0 aliphatic heterocycles. The van der Waals surface area contributed by atoms with Crippen molar-refractivity contribution in [2.75, 3.05) is 25.0 Å². The van der Waals surface area contributed by atoms with Crippen LogP contribution >= 0.6 is 0 Å². The lowest BCUT2D eigenvalue weighted by Gasteiger charge is -2.50. The van der Waals surface area contributed by atoms with E-state index in [0.29, 0.717) is 36.8 Å². The maximum Gasteiger partial charge on any atom is 0.306 e. The van der Waals surface area contributed by atoms with Crippen LogP contribution in [0.25, 0.3) is 0 Å². The highest BCUT2D eigenvalue weighted by Gasteiger charge is 2.61. The molecule has 0 amide bonds. The van der Waals surface area contributed by atoms with Crippen molar-refractivity contribution in [3.05, 3.63) is 23.3 Å². The van der Waals surface area contributed by atoms with Crippen LogP contribution < -0.4 is 8.37 Å². The molecular formula is C22H32O12S4.